The third-order valence-corrected chi connectivity index (χ3v) is 4.42. The summed E-state index contributed by atoms with van der Waals surface area (Å²) in [5, 5.41) is 11.7. The van der Waals surface area contributed by atoms with Crippen LogP contribution in [0.1, 0.15) is 18.1 Å². The van der Waals surface area contributed by atoms with Gasteiger partial charge in [0.25, 0.3) is 0 Å². The van der Waals surface area contributed by atoms with Crippen LogP contribution in [0, 0.1) is 0 Å². The first-order chi connectivity index (χ1) is 10.7. The lowest BCUT2D eigenvalue weighted by Crippen LogP contribution is -2.00. The maximum Gasteiger partial charge on any atom is 0.336 e. The number of nitrogens with zero attached hydrogens (tertiary/aromatic N) is 1. The first kappa shape index (κ1) is 14.7. The number of phenolic OH excluding ortho intramolecular Hbond substituents is 1. The van der Waals surface area contributed by atoms with Gasteiger partial charge in [-0.25, -0.2) is 9.78 Å². The van der Waals surface area contributed by atoms with Crippen LogP contribution in [0.15, 0.2) is 56.8 Å². The minimum Gasteiger partial charge on any atom is -0.508 e. The fraction of sp³-hybridized carbons (Fsp3) is 0.176. The number of rotatable bonds is 4. The first-order valence-electron chi connectivity index (χ1n) is 7.00. The Hall–Kier alpha value is -2.27. The molecule has 0 saturated carbocycles. The van der Waals surface area contributed by atoms with Crippen LogP contribution in [0.5, 0.6) is 5.75 Å². The number of pyridine rings is 1. The van der Waals surface area contributed by atoms with Gasteiger partial charge in [-0.2, -0.15) is 0 Å². The predicted octanol–water partition coefficient (Wildman–Crippen LogP) is 3.75. The van der Waals surface area contributed by atoms with Gasteiger partial charge in [0.15, 0.2) is 0 Å². The Morgan fingerprint density at radius 3 is 2.82 bits per heavy atom. The van der Waals surface area contributed by atoms with Crippen LogP contribution >= 0.6 is 11.8 Å². The molecule has 0 saturated heterocycles. The molecule has 0 atom stereocenters. The first-order valence-corrected chi connectivity index (χ1v) is 7.98. The zero-order chi connectivity index (χ0) is 15.5. The molecule has 22 heavy (non-hydrogen) atoms. The molecule has 0 spiro atoms. The van der Waals surface area contributed by atoms with E-state index in [1.165, 1.54) is 12.1 Å². The highest BCUT2D eigenvalue weighted by Gasteiger charge is 2.10. The molecule has 1 N–H and O–H groups in total. The molecule has 0 aliphatic heterocycles. The van der Waals surface area contributed by atoms with Gasteiger partial charge in [-0.1, -0.05) is 13.0 Å². The molecule has 0 fully saturated rings. The van der Waals surface area contributed by atoms with E-state index in [-0.39, 0.29) is 5.75 Å². The molecule has 4 nitrogen and oxygen atoms in total. The summed E-state index contributed by atoms with van der Waals surface area (Å²) in [6, 6.07) is 10.6. The van der Waals surface area contributed by atoms with Crippen LogP contribution in [0.2, 0.25) is 0 Å². The third kappa shape index (κ3) is 2.99. The number of fused-ring (bicyclic) bond motifs is 1. The number of aryl methyl sites for hydroxylation is 1. The van der Waals surface area contributed by atoms with E-state index in [4.69, 9.17) is 4.42 Å². The number of hydrogen-bond donors (Lipinski definition) is 1. The minimum absolute atomic E-state index is 0.160. The Bertz CT molecular complexity index is 859. The largest absolute Gasteiger partial charge is 0.508 e. The predicted molar refractivity (Wildman–Crippen MR) is 87.3 cm³/mol. The quantitative estimate of drug-likeness (QED) is 0.587. The van der Waals surface area contributed by atoms with Crippen LogP contribution in [0.3, 0.4) is 0 Å². The SMILES string of the molecule is CCc1cc2c(CSc3ccccn3)cc(=O)oc2cc1O. The summed E-state index contributed by atoms with van der Waals surface area (Å²) in [4.78, 5) is 16.0. The van der Waals surface area contributed by atoms with Crippen LogP contribution in [0.25, 0.3) is 11.0 Å². The average Bonchev–Trinajstić information content (AvgIpc) is 2.53. The zero-order valence-corrected chi connectivity index (χ0v) is 12.9. The molecule has 0 bridgehead atoms. The van der Waals surface area contributed by atoms with Crippen molar-refractivity contribution < 1.29 is 9.52 Å². The van der Waals surface area contributed by atoms with Gasteiger partial charge in [0.05, 0.1) is 5.03 Å². The van der Waals surface area contributed by atoms with Crippen molar-refractivity contribution in [1.82, 2.24) is 4.98 Å². The van der Waals surface area contributed by atoms with Crippen LogP contribution in [0.4, 0.5) is 0 Å². The van der Waals surface area contributed by atoms with Gasteiger partial charge < -0.3 is 9.52 Å². The molecule has 3 aromatic rings. The molecule has 112 valence electrons. The molecule has 1 aromatic carbocycles. The second-order valence-electron chi connectivity index (χ2n) is 4.88. The van der Waals surface area contributed by atoms with Crippen molar-refractivity contribution in [2.75, 3.05) is 0 Å². The second kappa shape index (κ2) is 6.23. The van der Waals surface area contributed by atoms with Gasteiger partial charge in [-0.15, -0.1) is 11.8 Å². The summed E-state index contributed by atoms with van der Waals surface area (Å²) >= 11 is 1.56. The van der Waals surface area contributed by atoms with Crippen LogP contribution in [-0.2, 0) is 12.2 Å². The summed E-state index contributed by atoms with van der Waals surface area (Å²) in [5.41, 5.74) is 1.73. The van der Waals surface area contributed by atoms with E-state index in [0.717, 1.165) is 21.5 Å². The summed E-state index contributed by atoms with van der Waals surface area (Å²) in [6.45, 7) is 1.97. The number of thioether (sulfide) groups is 1. The number of hydrogen-bond acceptors (Lipinski definition) is 5. The molecule has 0 amide bonds. The standard InChI is InChI=1S/C17H15NO3S/c1-2-11-7-13-12(10-22-16-5-3-4-6-18-16)8-17(20)21-15(13)9-14(11)19/h3-9,19H,2,10H2,1H3. The van der Waals surface area contributed by atoms with Gasteiger partial charge in [0.1, 0.15) is 11.3 Å². The molecule has 5 heteroatoms. The summed E-state index contributed by atoms with van der Waals surface area (Å²) in [7, 11) is 0. The minimum atomic E-state index is -0.409. The normalized spacial score (nSPS) is 11.0. The zero-order valence-electron chi connectivity index (χ0n) is 12.1. The van der Waals surface area contributed by atoms with Crippen molar-refractivity contribution in [2.24, 2.45) is 0 Å². The van der Waals surface area contributed by atoms with E-state index in [0.29, 0.717) is 17.8 Å². The Labute approximate surface area is 131 Å². The topological polar surface area (TPSA) is 63.3 Å². The highest BCUT2D eigenvalue weighted by molar-refractivity contribution is 7.98. The fourth-order valence-electron chi connectivity index (χ4n) is 2.29. The third-order valence-electron chi connectivity index (χ3n) is 3.42. The van der Waals surface area contributed by atoms with Crippen molar-refractivity contribution in [3.8, 4) is 5.75 Å². The Kier molecular flexibility index (Phi) is 4.15. The van der Waals surface area contributed by atoms with Gasteiger partial charge in [0, 0.05) is 29.5 Å². The summed E-state index contributed by atoms with van der Waals surface area (Å²) in [5.74, 6) is 0.778. The Morgan fingerprint density at radius 1 is 1.23 bits per heavy atom. The molecule has 2 heterocycles. The molecule has 0 unspecified atom stereocenters. The Morgan fingerprint density at radius 2 is 2.09 bits per heavy atom. The molecular formula is C17H15NO3S. The van der Waals surface area contributed by atoms with E-state index < -0.39 is 5.63 Å². The lowest BCUT2D eigenvalue weighted by atomic mass is 10.1. The van der Waals surface area contributed by atoms with Gasteiger partial charge in [-0.3, -0.25) is 0 Å². The maximum absolute atomic E-state index is 11.7. The van der Waals surface area contributed by atoms with Crippen molar-refractivity contribution in [3.63, 3.8) is 0 Å². The Balaban J connectivity index is 2.02. The number of benzene rings is 1. The van der Waals surface area contributed by atoms with E-state index >= 15 is 0 Å². The fourth-order valence-corrected chi connectivity index (χ4v) is 3.15. The molecule has 3 rings (SSSR count). The smallest absolute Gasteiger partial charge is 0.336 e. The van der Waals surface area contributed by atoms with E-state index in [2.05, 4.69) is 4.98 Å². The number of aromatic hydroxyl groups is 1. The van der Waals surface area contributed by atoms with Crippen molar-refractivity contribution in [1.29, 1.82) is 0 Å². The summed E-state index contributed by atoms with van der Waals surface area (Å²) in [6.07, 6.45) is 2.46. The van der Waals surface area contributed by atoms with Crippen LogP contribution in [-0.4, -0.2) is 10.1 Å². The van der Waals surface area contributed by atoms with E-state index in [1.54, 1.807) is 18.0 Å². The number of phenols is 1. The molecule has 0 aliphatic carbocycles. The average molecular weight is 313 g/mol. The highest BCUT2D eigenvalue weighted by atomic mass is 32.2. The van der Waals surface area contributed by atoms with Gasteiger partial charge in [0.2, 0.25) is 0 Å². The van der Waals surface area contributed by atoms with Crippen molar-refractivity contribution in [3.05, 3.63) is 64.1 Å². The van der Waals surface area contributed by atoms with E-state index in [1.807, 2.05) is 31.2 Å². The number of aromatic nitrogens is 1. The summed E-state index contributed by atoms with van der Waals surface area (Å²) < 4.78 is 5.19. The van der Waals surface area contributed by atoms with E-state index in [9.17, 15) is 9.90 Å². The maximum atomic E-state index is 11.7. The monoisotopic (exact) mass is 313 g/mol. The van der Waals surface area contributed by atoms with Crippen molar-refractivity contribution in [2.45, 2.75) is 24.1 Å². The highest BCUT2D eigenvalue weighted by Crippen LogP contribution is 2.29. The van der Waals surface area contributed by atoms with Crippen molar-refractivity contribution >= 4 is 22.7 Å². The lowest BCUT2D eigenvalue weighted by molar-refractivity contribution is 0.466. The van der Waals surface area contributed by atoms with Gasteiger partial charge in [-0.05, 0) is 35.7 Å². The lowest BCUT2D eigenvalue weighted by Gasteiger charge is -2.08. The van der Waals surface area contributed by atoms with Gasteiger partial charge >= 0.3 is 5.63 Å². The molecule has 2 aromatic heterocycles. The molecule has 0 aliphatic rings. The molecular weight excluding hydrogens is 298 g/mol. The van der Waals surface area contributed by atoms with Crippen LogP contribution < -0.4 is 5.63 Å². The molecule has 0 radical (unpaired) electrons. The second-order valence-corrected chi connectivity index (χ2v) is 5.87.